The first kappa shape index (κ1) is 14.9. The molecule has 1 aromatic carbocycles. The van der Waals surface area contributed by atoms with Gasteiger partial charge in [0.25, 0.3) is 0 Å². The highest BCUT2D eigenvalue weighted by Crippen LogP contribution is 2.45. The van der Waals surface area contributed by atoms with E-state index >= 15 is 0 Å². The number of anilines is 1. The summed E-state index contributed by atoms with van der Waals surface area (Å²) in [7, 11) is 0. The summed E-state index contributed by atoms with van der Waals surface area (Å²) >= 11 is 0. The molecule has 0 bridgehead atoms. The molecule has 1 aliphatic rings. The van der Waals surface area contributed by atoms with Crippen molar-refractivity contribution < 1.29 is 18.0 Å². The summed E-state index contributed by atoms with van der Waals surface area (Å²) in [5, 5.41) is 2.67. The minimum absolute atomic E-state index is 0.0627. The first-order chi connectivity index (χ1) is 9.01. The molecule has 0 saturated heterocycles. The first-order valence-corrected chi connectivity index (χ1v) is 6.54. The molecule has 2 nitrogen and oxygen atoms in total. The zero-order valence-electron chi connectivity index (χ0n) is 11.9. The third-order valence-electron chi connectivity index (χ3n) is 4.12. The highest BCUT2D eigenvalue weighted by molar-refractivity contribution is 6.03. The Kier molecular flexibility index (Phi) is 3.35. The van der Waals surface area contributed by atoms with Gasteiger partial charge in [-0.1, -0.05) is 27.7 Å². The Balaban J connectivity index is 2.48. The van der Waals surface area contributed by atoms with Gasteiger partial charge in [0.05, 0.1) is 11.5 Å². The van der Waals surface area contributed by atoms with Crippen LogP contribution in [0, 0.1) is 11.3 Å². The molecule has 0 saturated carbocycles. The second-order valence-corrected chi connectivity index (χ2v) is 6.42. The van der Waals surface area contributed by atoms with E-state index in [9.17, 15) is 18.0 Å². The number of carbonyl (C=O) groups excluding carboxylic acids is 1. The van der Waals surface area contributed by atoms with Crippen LogP contribution in [0.3, 0.4) is 0 Å². The number of hydrogen-bond donors (Lipinski definition) is 1. The van der Waals surface area contributed by atoms with Gasteiger partial charge in [-0.25, -0.2) is 0 Å². The van der Waals surface area contributed by atoms with Crippen molar-refractivity contribution in [1.29, 1.82) is 0 Å². The second kappa shape index (κ2) is 4.50. The highest BCUT2D eigenvalue weighted by atomic mass is 19.4. The first-order valence-electron chi connectivity index (χ1n) is 6.54. The lowest BCUT2D eigenvalue weighted by Crippen LogP contribution is -2.28. The largest absolute Gasteiger partial charge is 0.416 e. The molecule has 1 amide bonds. The maximum atomic E-state index is 12.8. The molecule has 110 valence electrons. The van der Waals surface area contributed by atoms with Crippen molar-refractivity contribution in [1.82, 2.24) is 0 Å². The summed E-state index contributed by atoms with van der Waals surface area (Å²) in [5.41, 5.74) is 0.0629. The van der Waals surface area contributed by atoms with Crippen LogP contribution in [0.1, 0.15) is 44.7 Å². The number of amides is 1. The molecule has 0 fully saturated rings. The average Bonchev–Trinajstić information content (AvgIpc) is 2.60. The Morgan fingerprint density at radius 1 is 1.20 bits per heavy atom. The van der Waals surface area contributed by atoms with Crippen molar-refractivity contribution in [3.8, 4) is 0 Å². The summed E-state index contributed by atoms with van der Waals surface area (Å²) in [4.78, 5) is 12.1. The number of fused-ring (bicyclic) bond motifs is 1. The van der Waals surface area contributed by atoms with Crippen LogP contribution >= 0.6 is 0 Å². The fraction of sp³-hybridized carbons (Fsp3) is 0.533. The van der Waals surface area contributed by atoms with Crippen LogP contribution in [-0.4, -0.2) is 5.91 Å². The summed E-state index contributed by atoms with van der Waals surface area (Å²) in [5.74, 6) is -0.818. The minimum Gasteiger partial charge on any atom is -0.325 e. The van der Waals surface area contributed by atoms with E-state index in [1.807, 2.05) is 27.7 Å². The lowest BCUT2D eigenvalue weighted by molar-refractivity contribution is -0.137. The monoisotopic (exact) mass is 285 g/mol. The molecule has 2 rings (SSSR count). The van der Waals surface area contributed by atoms with Gasteiger partial charge in [-0.15, -0.1) is 0 Å². The van der Waals surface area contributed by atoms with Crippen molar-refractivity contribution in [2.45, 2.75) is 39.8 Å². The molecular formula is C15H18F3NO. The standard InChI is InChI=1S/C15H18F3NO/c1-8(14(2,3)4)12-10-7-9(15(16,17)18)5-6-11(10)19-13(12)20/h5-8,12H,1-4H3,(H,19,20). The molecule has 1 aliphatic heterocycles. The summed E-state index contributed by atoms with van der Waals surface area (Å²) in [6.07, 6.45) is -4.39. The molecule has 0 aliphatic carbocycles. The zero-order valence-corrected chi connectivity index (χ0v) is 11.9. The summed E-state index contributed by atoms with van der Waals surface area (Å²) in [6.45, 7) is 7.85. The number of nitrogens with one attached hydrogen (secondary N) is 1. The molecule has 0 radical (unpaired) electrons. The lowest BCUT2D eigenvalue weighted by atomic mass is 9.72. The van der Waals surface area contributed by atoms with Crippen LogP contribution in [0.15, 0.2) is 18.2 Å². The number of alkyl halides is 3. The summed E-state index contributed by atoms with van der Waals surface area (Å²) in [6, 6.07) is 3.44. The third-order valence-corrected chi connectivity index (χ3v) is 4.12. The Morgan fingerprint density at radius 3 is 2.30 bits per heavy atom. The van der Waals surface area contributed by atoms with E-state index in [1.54, 1.807) is 0 Å². The van der Waals surface area contributed by atoms with Crippen LogP contribution in [0.5, 0.6) is 0 Å². The van der Waals surface area contributed by atoms with Crippen LogP contribution in [0.2, 0.25) is 0 Å². The molecule has 1 N–H and O–H groups in total. The number of benzene rings is 1. The van der Waals surface area contributed by atoms with E-state index < -0.39 is 17.7 Å². The Morgan fingerprint density at radius 2 is 1.80 bits per heavy atom. The van der Waals surface area contributed by atoms with Crippen LogP contribution < -0.4 is 5.32 Å². The van der Waals surface area contributed by atoms with Crippen molar-refractivity contribution in [2.75, 3.05) is 5.32 Å². The molecule has 0 spiro atoms. The van der Waals surface area contributed by atoms with E-state index in [-0.39, 0.29) is 17.2 Å². The van der Waals surface area contributed by atoms with Crippen molar-refractivity contribution >= 4 is 11.6 Å². The smallest absolute Gasteiger partial charge is 0.325 e. The predicted octanol–water partition coefficient (Wildman–Crippen LogP) is 4.42. The molecule has 2 unspecified atom stereocenters. The minimum atomic E-state index is -4.39. The van der Waals surface area contributed by atoms with Crippen LogP contribution in [-0.2, 0) is 11.0 Å². The van der Waals surface area contributed by atoms with Gasteiger partial charge in [-0.3, -0.25) is 4.79 Å². The Labute approximate surface area is 116 Å². The third kappa shape index (κ3) is 2.53. The van der Waals surface area contributed by atoms with Gasteiger partial charge in [0.1, 0.15) is 0 Å². The van der Waals surface area contributed by atoms with Gasteiger partial charge in [0.15, 0.2) is 0 Å². The number of carbonyl (C=O) groups is 1. The van der Waals surface area contributed by atoms with Crippen molar-refractivity contribution in [3.63, 3.8) is 0 Å². The SMILES string of the molecule is CC(C1C(=O)Nc2ccc(C(F)(F)F)cc21)C(C)(C)C. The fourth-order valence-corrected chi connectivity index (χ4v) is 2.46. The molecule has 5 heteroatoms. The predicted molar refractivity (Wildman–Crippen MR) is 71.4 cm³/mol. The van der Waals surface area contributed by atoms with Crippen LogP contribution in [0.25, 0.3) is 0 Å². The van der Waals surface area contributed by atoms with Crippen molar-refractivity contribution in [2.24, 2.45) is 11.3 Å². The molecule has 1 heterocycles. The number of rotatable bonds is 1. The average molecular weight is 285 g/mol. The second-order valence-electron chi connectivity index (χ2n) is 6.42. The molecular weight excluding hydrogens is 267 g/mol. The van der Waals surface area contributed by atoms with Gasteiger partial charge in [0.2, 0.25) is 5.91 Å². The quantitative estimate of drug-likeness (QED) is 0.813. The summed E-state index contributed by atoms with van der Waals surface area (Å²) < 4.78 is 38.4. The normalized spacial score (nSPS) is 20.6. The highest BCUT2D eigenvalue weighted by Gasteiger charge is 2.41. The maximum Gasteiger partial charge on any atom is 0.416 e. The fourth-order valence-electron chi connectivity index (χ4n) is 2.46. The van der Waals surface area contributed by atoms with E-state index in [4.69, 9.17) is 0 Å². The number of halogens is 3. The Bertz CT molecular complexity index is 543. The molecule has 0 aromatic heterocycles. The van der Waals surface area contributed by atoms with Crippen LogP contribution in [0.4, 0.5) is 18.9 Å². The van der Waals surface area contributed by atoms with E-state index in [0.29, 0.717) is 11.3 Å². The Hall–Kier alpha value is -1.52. The topological polar surface area (TPSA) is 29.1 Å². The van der Waals surface area contributed by atoms with Crippen molar-refractivity contribution in [3.05, 3.63) is 29.3 Å². The van der Waals surface area contributed by atoms with Gasteiger partial charge in [-0.2, -0.15) is 13.2 Å². The van der Waals surface area contributed by atoms with Gasteiger partial charge in [-0.05, 0) is 35.1 Å². The molecule has 2 atom stereocenters. The molecule has 20 heavy (non-hydrogen) atoms. The van der Waals surface area contributed by atoms with Gasteiger partial charge < -0.3 is 5.32 Å². The van der Waals surface area contributed by atoms with E-state index in [1.165, 1.54) is 6.07 Å². The van der Waals surface area contributed by atoms with Gasteiger partial charge in [0, 0.05) is 5.69 Å². The maximum absolute atomic E-state index is 12.8. The lowest BCUT2D eigenvalue weighted by Gasteiger charge is -2.31. The van der Waals surface area contributed by atoms with E-state index in [0.717, 1.165) is 12.1 Å². The van der Waals surface area contributed by atoms with E-state index in [2.05, 4.69) is 5.32 Å². The zero-order chi connectivity index (χ0) is 15.3. The molecule has 1 aromatic rings. The van der Waals surface area contributed by atoms with Gasteiger partial charge >= 0.3 is 6.18 Å². The number of hydrogen-bond acceptors (Lipinski definition) is 1.